The van der Waals surface area contributed by atoms with E-state index in [0.29, 0.717) is 10.9 Å². The number of fused-ring (bicyclic) bond motifs is 1. The van der Waals surface area contributed by atoms with Crippen molar-refractivity contribution in [1.29, 1.82) is 0 Å². The summed E-state index contributed by atoms with van der Waals surface area (Å²) in [6, 6.07) is 9.53. The van der Waals surface area contributed by atoms with Gasteiger partial charge in [0.2, 0.25) is 0 Å². The van der Waals surface area contributed by atoms with Crippen molar-refractivity contribution in [1.82, 2.24) is 5.32 Å². The van der Waals surface area contributed by atoms with Gasteiger partial charge in [0.15, 0.2) is 0 Å². The van der Waals surface area contributed by atoms with E-state index in [0.717, 1.165) is 0 Å². The first kappa shape index (κ1) is 8.81. The summed E-state index contributed by atoms with van der Waals surface area (Å²) in [6.07, 6.45) is 2.41. The predicted molar refractivity (Wildman–Crippen MR) is 61.6 cm³/mol. The molecule has 1 fully saturated rings. The zero-order valence-electron chi connectivity index (χ0n) is 8.42. The van der Waals surface area contributed by atoms with Gasteiger partial charge in [0, 0.05) is 24.6 Å². The second-order valence-corrected chi connectivity index (χ2v) is 5.88. The Balaban J connectivity index is 1.91. The Morgan fingerprint density at radius 2 is 1.93 bits per heavy atom. The molecule has 1 nitrogen and oxygen atoms in total. The predicted octanol–water partition coefficient (Wildman–Crippen LogP) is 2.21. The zero-order valence-corrected chi connectivity index (χ0v) is 9.23. The number of benzene rings is 1. The number of hydrogen-bond acceptors (Lipinski definition) is 2. The van der Waals surface area contributed by atoms with Crippen LogP contribution < -0.4 is 5.32 Å². The van der Waals surface area contributed by atoms with E-state index in [2.05, 4.69) is 48.3 Å². The Kier molecular flexibility index (Phi) is 1.89. The second-order valence-electron chi connectivity index (χ2n) is 4.47. The molecule has 74 valence electrons. The number of nitrogens with one attached hydrogen (secondary N) is 1. The van der Waals surface area contributed by atoms with E-state index in [1.165, 1.54) is 18.6 Å². The maximum atomic E-state index is 3.74. The van der Waals surface area contributed by atoms with E-state index in [1.807, 2.05) is 0 Å². The third-order valence-corrected chi connectivity index (χ3v) is 4.82. The highest BCUT2D eigenvalue weighted by Gasteiger charge is 2.42. The smallest absolute Gasteiger partial charge is 0.0729 e. The Morgan fingerprint density at radius 1 is 1.29 bits per heavy atom. The van der Waals surface area contributed by atoms with Crippen LogP contribution in [0.3, 0.4) is 0 Å². The van der Waals surface area contributed by atoms with Crippen LogP contribution in [0.15, 0.2) is 24.3 Å². The summed E-state index contributed by atoms with van der Waals surface area (Å²) in [4.78, 5) is 0.336. The van der Waals surface area contributed by atoms with Gasteiger partial charge < -0.3 is 0 Å². The molecule has 1 N–H and O–H groups in total. The second kappa shape index (κ2) is 3.01. The quantitative estimate of drug-likeness (QED) is 0.697. The average Bonchev–Trinajstić information content (AvgIpc) is 2.69. The topological polar surface area (TPSA) is 12.0 Å². The molecule has 0 aromatic heterocycles. The summed E-state index contributed by atoms with van der Waals surface area (Å²) in [5.41, 5.74) is 3.09. The normalized spacial score (nSPS) is 28.2. The number of thioether (sulfide) groups is 1. The largest absolute Gasteiger partial charge is 0.299 e. The molecule has 1 aromatic rings. The Hall–Kier alpha value is -0.470. The zero-order chi connectivity index (χ0) is 9.60. The fourth-order valence-corrected chi connectivity index (χ4v) is 4.05. The first-order valence-electron chi connectivity index (χ1n) is 5.26. The Morgan fingerprint density at radius 3 is 2.43 bits per heavy atom. The molecule has 14 heavy (non-hydrogen) atoms. The van der Waals surface area contributed by atoms with Crippen LogP contribution in [-0.4, -0.2) is 16.7 Å². The standard InChI is InChI=1S/C12H15NS/c1-9-8-14-12(13-9)6-10-4-2-3-5-11(10)7-12/h2-5,9,13H,6-8H2,1H3. The van der Waals surface area contributed by atoms with Gasteiger partial charge in [0.05, 0.1) is 4.87 Å². The summed E-state index contributed by atoms with van der Waals surface area (Å²) >= 11 is 2.11. The summed E-state index contributed by atoms with van der Waals surface area (Å²) < 4.78 is 0. The monoisotopic (exact) mass is 205 g/mol. The molecule has 2 heteroatoms. The summed E-state index contributed by atoms with van der Waals surface area (Å²) in [7, 11) is 0. The maximum absolute atomic E-state index is 3.74. The summed E-state index contributed by atoms with van der Waals surface area (Å²) in [5.74, 6) is 1.26. The lowest BCUT2D eigenvalue weighted by molar-refractivity contribution is 0.470. The number of rotatable bonds is 0. The Labute approximate surface area is 89.3 Å². The lowest BCUT2D eigenvalue weighted by Crippen LogP contribution is -2.41. The van der Waals surface area contributed by atoms with Crippen molar-refractivity contribution >= 4 is 11.8 Å². The SMILES string of the molecule is CC1CSC2(Cc3ccccc3C2)N1. The molecule has 3 rings (SSSR count). The van der Waals surface area contributed by atoms with E-state index < -0.39 is 0 Å². The molecule has 0 bridgehead atoms. The van der Waals surface area contributed by atoms with E-state index >= 15 is 0 Å². The lowest BCUT2D eigenvalue weighted by Gasteiger charge is -2.22. The van der Waals surface area contributed by atoms with Gasteiger partial charge in [0.1, 0.15) is 0 Å². The summed E-state index contributed by atoms with van der Waals surface area (Å²) in [5, 5.41) is 3.74. The van der Waals surface area contributed by atoms with Crippen LogP contribution in [0.1, 0.15) is 18.1 Å². The van der Waals surface area contributed by atoms with Gasteiger partial charge in [0.25, 0.3) is 0 Å². The molecule has 1 saturated heterocycles. The van der Waals surface area contributed by atoms with E-state index in [-0.39, 0.29) is 0 Å². The molecule has 1 atom stereocenters. The summed E-state index contributed by atoms with van der Waals surface area (Å²) in [6.45, 7) is 2.28. The van der Waals surface area contributed by atoms with Crippen molar-refractivity contribution in [2.75, 3.05) is 5.75 Å². The van der Waals surface area contributed by atoms with Crippen LogP contribution in [0, 0.1) is 0 Å². The van der Waals surface area contributed by atoms with Crippen molar-refractivity contribution in [3.8, 4) is 0 Å². The van der Waals surface area contributed by atoms with E-state index in [4.69, 9.17) is 0 Å². The molecule has 0 amide bonds. The van der Waals surface area contributed by atoms with Gasteiger partial charge in [-0.1, -0.05) is 24.3 Å². The first-order valence-corrected chi connectivity index (χ1v) is 6.24. The molecule has 1 aromatic carbocycles. The van der Waals surface area contributed by atoms with Crippen molar-refractivity contribution in [2.45, 2.75) is 30.7 Å². The van der Waals surface area contributed by atoms with Crippen LogP contribution in [0.5, 0.6) is 0 Å². The van der Waals surface area contributed by atoms with Crippen molar-refractivity contribution < 1.29 is 0 Å². The maximum Gasteiger partial charge on any atom is 0.0729 e. The minimum Gasteiger partial charge on any atom is -0.299 e. The van der Waals surface area contributed by atoms with Crippen LogP contribution in [0.2, 0.25) is 0 Å². The minimum atomic E-state index is 0.336. The van der Waals surface area contributed by atoms with Crippen molar-refractivity contribution in [3.63, 3.8) is 0 Å². The highest BCUT2D eigenvalue weighted by atomic mass is 32.2. The van der Waals surface area contributed by atoms with Gasteiger partial charge >= 0.3 is 0 Å². The molecule has 0 saturated carbocycles. The first-order chi connectivity index (χ1) is 6.77. The third-order valence-electron chi connectivity index (χ3n) is 3.19. The third kappa shape index (κ3) is 1.29. The molecular weight excluding hydrogens is 190 g/mol. The van der Waals surface area contributed by atoms with E-state index in [1.54, 1.807) is 11.1 Å². The fraction of sp³-hybridized carbons (Fsp3) is 0.500. The van der Waals surface area contributed by atoms with Crippen LogP contribution in [0.25, 0.3) is 0 Å². The molecular formula is C12H15NS. The fourth-order valence-electron chi connectivity index (χ4n) is 2.60. The molecule has 1 aliphatic carbocycles. The molecule has 1 aliphatic heterocycles. The van der Waals surface area contributed by atoms with Gasteiger partial charge in [-0.3, -0.25) is 5.32 Å². The molecule has 2 aliphatic rings. The highest BCUT2D eigenvalue weighted by Crippen LogP contribution is 2.42. The lowest BCUT2D eigenvalue weighted by atomic mass is 10.1. The van der Waals surface area contributed by atoms with Crippen LogP contribution in [-0.2, 0) is 12.8 Å². The van der Waals surface area contributed by atoms with Gasteiger partial charge in [-0.2, -0.15) is 0 Å². The van der Waals surface area contributed by atoms with Crippen LogP contribution >= 0.6 is 11.8 Å². The Bertz CT molecular complexity index is 336. The minimum absolute atomic E-state index is 0.336. The molecule has 1 heterocycles. The van der Waals surface area contributed by atoms with Gasteiger partial charge in [-0.15, -0.1) is 11.8 Å². The molecule has 0 radical (unpaired) electrons. The number of hydrogen-bond donors (Lipinski definition) is 1. The molecule has 1 spiro atoms. The average molecular weight is 205 g/mol. The van der Waals surface area contributed by atoms with E-state index in [9.17, 15) is 0 Å². The van der Waals surface area contributed by atoms with Gasteiger partial charge in [-0.25, -0.2) is 0 Å². The van der Waals surface area contributed by atoms with Gasteiger partial charge in [-0.05, 0) is 18.1 Å². The van der Waals surface area contributed by atoms with Crippen molar-refractivity contribution in [2.24, 2.45) is 0 Å². The molecule has 1 unspecified atom stereocenters. The van der Waals surface area contributed by atoms with Crippen molar-refractivity contribution in [3.05, 3.63) is 35.4 Å². The highest BCUT2D eigenvalue weighted by molar-refractivity contribution is 8.00. The van der Waals surface area contributed by atoms with Crippen LogP contribution in [0.4, 0.5) is 0 Å².